The summed E-state index contributed by atoms with van der Waals surface area (Å²) in [6.45, 7) is 4.96. The van der Waals surface area contributed by atoms with Gasteiger partial charge in [-0.1, -0.05) is 6.07 Å². The molecule has 1 aromatic rings. The van der Waals surface area contributed by atoms with E-state index in [1.54, 1.807) is 0 Å². The molecule has 3 heterocycles. The lowest BCUT2D eigenvalue weighted by Gasteiger charge is -2.40. The van der Waals surface area contributed by atoms with Crippen LogP contribution in [-0.2, 0) is 4.74 Å². The molecule has 2 fully saturated rings. The molecule has 0 bridgehead atoms. The minimum atomic E-state index is 0.0921. The number of aryl methyl sites for hydroxylation is 2. The molecule has 3 nitrogen and oxygen atoms in total. The largest absolute Gasteiger partial charge is 0.374 e. The maximum absolute atomic E-state index is 6.57. The van der Waals surface area contributed by atoms with E-state index in [-0.39, 0.29) is 11.6 Å². The van der Waals surface area contributed by atoms with E-state index in [4.69, 9.17) is 10.5 Å². The molecule has 3 rings (SSSR count). The Kier molecular flexibility index (Phi) is 4.07. The highest BCUT2D eigenvalue weighted by Gasteiger charge is 2.42. The first kappa shape index (κ1) is 14.4. The maximum Gasteiger partial charge on any atom is 0.0783 e. The molecular formula is C16H24N2OS. The summed E-state index contributed by atoms with van der Waals surface area (Å²) in [7, 11) is 0. The van der Waals surface area contributed by atoms with Crippen molar-refractivity contribution in [3.63, 3.8) is 0 Å². The third-order valence-electron chi connectivity index (χ3n) is 4.73. The fourth-order valence-corrected chi connectivity index (χ4v) is 4.92. The van der Waals surface area contributed by atoms with Crippen molar-refractivity contribution in [2.45, 2.75) is 44.8 Å². The van der Waals surface area contributed by atoms with Crippen LogP contribution < -0.4 is 5.73 Å². The van der Waals surface area contributed by atoms with Crippen molar-refractivity contribution in [1.29, 1.82) is 0 Å². The quantitative estimate of drug-likeness (QED) is 0.910. The van der Waals surface area contributed by atoms with E-state index >= 15 is 0 Å². The van der Waals surface area contributed by atoms with Gasteiger partial charge in [0, 0.05) is 29.8 Å². The van der Waals surface area contributed by atoms with Crippen LogP contribution in [0.3, 0.4) is 0 Å². The first-order valence-corrected chi connectivity index (χ1v) is 8.67. The molecule has 110 valence electrons. The molecule has 0 amide bonds. The zero-order valence-corrected chi connectivity index (χ0v) is 13.2. The van der Waals surface area contributed by atoms with Gasteiger partial charge in [-0.25, -0.2) is 0 Å². The summed E-state index contributed by atoms with van der Waals surface area (Å²) in [6, 6.07) is 4.32. The highest BCUT2D eigenvalue weighted by atomic mass is 32.2. The first-order valence-electron chi connectivity index (χ1n) is 7.51. The van der Waals surface area contributed by atoms with Crippen LogP contribution in [0.15, 0.2) is 12.1 Å². The number of thioether (sulfide) groups is 1. The average Bonchev–Trinajstić information content (AvgIpc) is 2.86. The highest BCUT2D eigenvalue weighted by Crippen LogP contribution is 2.43. The number of rotatable bonds is 2. The Balaban J connectivity index is 1.77. The lowest BCUT2D eigenvalue weighted by atomic mass is 9.79. The van der Waals surface area contributed by atoms with Gasteiger partial charge in [-0.05, 0) is 56.4 Å². The van der Waals surface area contributed by atoms with E-state index in [0.717, 1.165) is 36.6 Å². The molecule has 2 saturated heterocycles. The predicted molar refractivity (Wildman–Crippen MR) is 84.0 cm³/mol. The zero-order valence-electron chi connectivity index (χ0n) is 12.4. The fourth-order valence-electron chi connectivity index (χ4n) is 3.54. The van der Waals surface area contributed by atoms with Crippen LogP contribution >= 0.6 is 11.8 Å². The van der Waals surface area contributed by atoms with Gasteiger partial charge in [-0.2, -0.15) is 11.8 Å². The summed E-state index contributed by atoms with van der Waals surface area (Å²) < 4.78 is 6.10. The summed E-state index contributed by atoms with van der Waals surface area (Å²) in [4.78, 5) is 4.56. The Hall–Kier alpha value is -0.580. The van der Waals surface area contributed by atoms with Crippen LogP contribution in [0.25, 0.3) is 0 Å². The van der Waals surface area contributed by atoms with Gasteiger partial charge in [0.05, 0.1) is 5.60 Å². The van der Waals surface area contributed by atoms with E-state index in [1.807, 2.05) is 18.7 Å². The van der Waals surface area contributed by atoms with Crippen LogP contribution in [0, 0.1) is 19.8 Å². The van der Waals surface area contributed by atoms with E-state index in [0.29, 0.717) is 5.92 Å². The Labute approximate surface area is 125 Å². The minimum absolute atomic E-state index is 0.0921. The number of nitrogens with zero attached hydrogens (tertiary/aromatic N) is 1. The first-order chi connectivity index (χ1) is 9.60. The van der Waals surface area contributed by atoms with E-state index < -0.39 is 0 Å². The van der Waals surface area contributed by atoms with Crippen LogP contribution in [0.2, 0.25) is 0 Å². The zero-order chi connectivity index (χ0) is 14.2. The van der Waals surface area contributed by atoms with Gasteiger partial charge < -0.3 is 10.5 Å². The van der Waals surface area contributed by atoms with Crippen molar-refractivity contribution in [2.24, 2.45) is 11.7 Å². The van der Waals surface area contributed by atoms with E-state index in [1.165, 1.54) is 17.7 Å². The van der Waals surface area contributed by atoms with E-state index in [9.17, 15) is 0 Å². The number of hydrogen-bond donors (Lipinski definition) is 1. The van der Waals surface area contributed by atoms with Crippen LogP contribution in [0.4, 0.5) is 0 Å². The molecule has 1 spiro atoms. The number of nitrogens with two attached hydrogens (primary N) is 1. The smallest absolute Gasteiger partial charge is 0.0783 e. The molecule has 3 unspecified atom stereocenters. The minimum Gasteiger partial charge on any atom is -0.374 e. The lowest BCUT2D eigenvalue weighted by molar-refractivity contribution is -0.0834. The van der Waals surface area contributed by atoms with Crippen molar-refractivity contribution >= 4 is 11.8 Å². The van der Waals surface area contributed by atoms with Crippen molar-refractivity contribution < 1.29 is 4.74 Å². The van der Waals surface area contributed by atoms with Gasteiger partial charge >= 0.3 is 0 Å². The van der Waals surface area contributed by atoms with Crippen LogP contribution in [-0.4, -0.2) is 28.7 Å². The number of hydrogen-bond acceptors (Lipinski definition) is 4. The Morgan fingerprint density at radius 1 is 1.45 bits per heavy atom. The SMILES string of the molecule is Cc1ccc(C(N)C2CCOC3(CCSC3)C2)c(C)n1. The molecule has 0 radical (unpaired) electrons. The molecule has 1 aromatic heterocycles. The van der Waals surface area contributed by atoms with Gasteiger partial charge in [0.25, 0.3) is 0 Å². The lowest BCUT2D eigenvalue weighted by Crippen LogP contribution is -2.42. The normalized spacial score (nSPS) is 31.6. The number of ether oxygens (including phenoxy) is 1. The maximum atomic E-state index is 6.57. The van der Waals surface area contributed by atoms with Crippen molar-refractivity contribution in [3.05, 3.63) is 29.1 Å². The average molecular weight is 292 g/mol. The topological polar surface area (TPSA) is 48.1 Å². The Bertz CT molecular complexity index is 485. The van der Waals surface area contributed by atoms with Gasteiger partial charge in [0.2, 0.25) is 0 Å². The van der Waals surface area contributed by atoms with Crippen molar-refractivity contribution in [1.82, 2.24) is 4.98 Å². The molecule has 0 aliphatic carbocycles. The molecule has 20 heavy (non-hydrogen) atoms. The molecule has 0 aromatic carbocycles. The Morgan fingerprint density at radius 3 is 3.00 bits per heavy atom. The molecule has 3 atom stereocenters. The summed E-state index contributed by atoms with van der Waals surface area (Å²) >= 11 is 2.02. The molecule has 0 saturated carbocycles. The third-order valence-corrected chi connectivity index (χ3v) is 5.95. The second-order valence-electron chi connectivity index (χ2n) is 6.24. The molecule has 2 aliphatic heterocycles. The van der Waals surface area contributed by atoms with Crippen molar-refractivity contribution in [3.8, 4) is 0 Å². The second-order valence-corrected chi connectivity index (χ2v) is 7.35. The summed E-state index contributed by atoms with van der Waals surface area (Å²) in [5, 5.41) is 0. The molecule has 2 N–H and O–H groups in total. The molecule has 4 heteroatoms. The monoisotopic (exact) mass is 292 g/mol. The second kappa shape index (κ2) is 5.66. The van der Waals surface area contributed by atoms with Crippen LogP contribution in [0.1, 0.15) is 42.3 Å². The van der Waals surface area contributed by atoms with Crippen molar-refractivity contribution in [2.75, 3.05) is 18.1 Å². The summed E-state index contributed by atoms with van der Waals surface area (Å²) in [6.07, 6.45) is 3.36. The fraction of sp³-hybridized carbons (Fsp3) is 0.688. The predicted octanol–water partition coefficient (Wildman–Crippen LogP) is 3.00. The standard InChI is InChI=1S/C16H24N2OS/c1-11-3-4-14(12(2)18-11)15(17)13-5-7-19-16(9-13)6-8-20-10-16/h3-4,13,15H,5-10,17H2,1-2H3. The molecule has 2 aliphatic rings. The van der Waals surface area contributed by atoms with Gasteiger partial charge in [0.1, 0.15) is 0 Å². The number of pyridine rings is 1. The summed E-state index contributed by atoms with van der Waals surface area (Å²) in [5.74, 6) is 2.89. The Morgan fingerprint density at radius 2 is 2.30 bits per heavy atom. The van der Waals surface area contributed by atoms with Gasteiger partial charge in [-0.15, -0.1) is 0 Å². The van der Waals surface area contributed by atoms with Gasteiger partial charge in [-0.3, -0.25) is 4.98 Å². The van der Waals surface area contributed by atoms with E-state index in [2.05, 4.69) is 24.0 Å². The van der Waals surface area contributed by atoms with Crippen LogP contribution in [0.5, 0.6) is 0 Å². The van der Waals surface area contributed by atoms with Gasteiger partial charge in [0.15, 0.2) is 0 Å². The highest BCUT2D eigenvalue weighted by molar-refractivity contribution is 7.99. The number of aromatic nitrogens is 1. The molecular weight excluding hydrogens is 268 g/mol. The summed E-state index contributed by atoms with van der Waals surface area (Å²) in [5.41, 5.74) is 10.0. The third kappa shape index (κ3) is 2.74.